The van der Waals surface area contributed by atoms with Gasteiger partial charge in [0.1, 0.15) is 10.8 Å². The Morgan fingerprint density at radius 2 is 1.61 bits per heavy atom. The second kappa shape index (κ2) is 5.80. The summed E-state index contributed by atoms with van der Waals surface area (Å²) in [5.74, 6) is -1.63. The molecule has 3 rings (SSSR count). The van der Waals surface area contributed by atoms with Gasteiger partial charge in [0.05, 0.1) is 11.3 Å². The topological polar surface area (TPSA) is 37.4 Å². The number of hydrogen-bond donors (Lipinski definition) is 0. The van der Waals surface area contributed by atoms with E-state index in [-0.39, 0.29) is 10.6 Å². The molecule has 0 spiro atoms. The predicted molar refractivity (Wildman–Crippen MR) is 87.9 cm³/mol. The van der Waals surface area contributed by atoms with Gasteiger partial charge in [-0.15, -0.1) is 0 Å². The van der Waals surface area contributed by atoms with Crippen LogP contribution in [0.15, 0.2) is 47.5 Å². The van der Waals surface area contributed by atoms with Gasteiger partial charge in [0.15, 0.2) is 0 Å². The van der Waals surface area contributed by atoms with Crippen molar-refractivity contribution in [3.05, 3.63) is 69.5 Å². The highest BCUT2D eigenvalue weighted by molar-refractivity contribution is 6.60. The number of imide groups is 1. The molecule has 3 nitrogen and oxygen atoms in total. The normalized spacial score (nSPS) is 14.9. The Morgan fingerprint density at radius 3 is 2.22 bits per heavy atom. The van der Waals surface area contributed by atoms with Crippen LogP contribution >= 0.6 is 23.2 Å². The summed E-state index contributed by atoms with van der Waals surface area (Å²) in [6.07, 6.45) is 0. The third kappa shape index (κ3) is 2.64. The van der Waals surface area contributed by atoms with Crippen LogP contribution in [-0.4, -0.2) is 11.8 Å². The van der Waals surface area contributed by atoms with Crippen molar-refractivity contribution in [2.75, 3.05) is 4.90 Å². The van der Waals surface area contributed by atoms with Gasteiger partial charge in [-0.05, 0) is 42.3 Å². The maximum atomic E-state index is 13.0. The molecule has 23 heavy (non-hydrogen) atoms. The van der Waals surface area contributed by atoms with Gasteiger partial charge in [0, 0.05) is 5.02 Å². The minimum Gasteiger partial charge on any atom is -0.268 e. The van der Waals surface area contributed by atoms with E-state index in [2.05, 4.69) is 0 Å². The Balaban J connectivity index is 2.05. The number of carbonyl (C=O) groups excluding carboxylic acids is 2. The largest absolute Gasteiger partial charge is 0.277 e. The minimum atomic E-state index is -0.629. The lowest BCUT2D eigenvalue weighted by molar-refractivity contribution is -0.119. The number of amides is 2. The zero-order valence-electron chi connectivity index (χ0n) is 11.9. The molecule has 0 saturated heterocycles. The SMILES string of the molecule is Cc1ccc(N2C(=O)C(Cl)=C(c3ccc(F)cc3)C2=O)cc1Cl. The summed E-state index contributed by atoms with van der Waals surface area (Å²) >= 11 is 12.1. The van der Waals surface area contributed by atoms with Gasteiger partial charge in [0.25, 0.3) is 11.8 Å². The van der Waals surface area contributed by atoms with Crippen molar-refractivity contribution in [1.82, 2.24) is 0 Å². The predicted octanol–water partition coefficient (Wildman–Crippen LogP) is 4.31. The number of rotatable bonds is 2. The van der Waals surface area contributed by atoms with Gasteiger partial charge in [0.2, 0.25) is 0 Å². The molecule has 2 amide bonds. The molecule has 6 heteroatoms. The van der Waals surface area contributed by atoms with Crippen molar-refractivity contribution in [3.8, 4) is 0 Å². The first-order valence-corrected chi connectivity index (χ1v) is 7.46. The number of nitrogens with zero attached hydrogens (tertiary/aromatic N) is 1. The monoisotopic (exact) mass is 349 g/mol. The third-order valence-electron chi connectivity index (χ3n) is 3.57. The van der Waals surface area contributed by atoms with E-state index in [9.17, 15) is 14.0 Å². The van der Waals surface area contributed by atoms with Crippen LogP contribution in [0.25, 0.3) is 5.57 Å². The molecule has 0 aliphatic carbocycles. The summed E-state index contributed by atoms with van der Waals surface area (Å²) < 4.78 is 13.0. The fourth-order valence-corrected chi connectivity index (χ4v) is 2.77. The zero-order chi connectivity index (χ0) is 16.7. The Bertz CT molecular complexity index is 859. The van der Waals surface area contributed by atoms with Gasteiger partial charge in [-0.1, -0.05) is 41.4 Å². The van der Waals surface area contributed by atoms with Crippen LogP contribution < -0.4 is 4.90 Å². The molecule has 0 saturated carbocycles. The van der Waals surface area contributed by atoms with Crippen LogP contribution in [0.2, 0.25) is 5.02 Å². The van der Waals surface area contributed by atoms with Gasteiger partial charge < -0.3 is 0 Å². The van der Waals surface area contributed by atoms with E-state index < -0.39 is 17.6 Å². The second-order valence-corrected chi connectivity index (χ2v) is 5.86. The number of halogens is 3. The molecule has 0 aromatic heterocycles. The van der Waals surface area contributed by atoms with E-state index in [4.69, 9.17) is 23.2 Å². The van der Waals surface area contributed by atoms with Gasteiger partial charge >= 0.3 is 0 Å². The van der Waals surface area contributed by atoms with Gasteiger partial charge in [-0.25, -0.2) is 9.29 Å². The van der Waals surface area contributed by atoms with Crippen LogP contribution in [0.1, 0.15) is 11.1 Å². The van der Waals surface area contributed by atoms with Crippen molar-refractivity contribution in [2.24, 2.45) is 0 Å². The van der Waals surface area contributed by atoms with Crippen molar-refractivity contribution < 1.29 is 14.0 Å². The molecular formula is C17H10Cl2FNO2. The molecule has 1 aliphatic heterocycles. The summed E-state index contributed by atoms with van der Waals surface area (Å²) in [5.41, 5.74) is 1.60. The smallest absolute Gasteiger partial charge is 0.268 e. The molecule has 0 N–H and O–H groups in total. The van der Waals surface area contributed by atoms with Crippen LogP contribution in [0.3, 0.4) is 0 Å². The van der Waals surface area contributed by atoms with Crippen LogP contribution in [0.5, 0.6) is 0 Å². The molecule has 2 aromatic carbocycles. The molecule has 0 radical (unpaired) electrons. The van der Waals surface area contributed by atoms with Gasteiger partial charge in [-0.2, -0.15) is 0 Å². The lowest BCUT2D eigenvalue weighted by atomic mass is 10.1. The van der Waals surface area contributed by atoms with Crippen LogP contribution in [-0.2, 0) is 9.59 Å². The lowest BCUT2D eigenvalue weighted by Gasteiger charge is -2.15. The molecule has 0 unspecified atom stereocenters. The molecule has 1 heterocycles. The van der Waals surface area contributed by atoms with Crippen LogP contribution in [0, 0.1) is 12.7 Å². The highest BCUT2D eigenvalue weighted by Gasteiger charge is 2.39. The molecule has 116 valence electrons. The maximum Gasteiger partial charge on any atom is 0.277 e. The molecule has 0 bridgehead atoms. The lowest BCUT2D eigenvalue weighted by Crippen LogP contribution is -2.31. The standard InChI is InChI=1S/C17H10Cl2FNO2/c1-9-2-7-12(8-13(9)18)21-16(22)14(15(19)17(21)23)10-3-5-11(20)6-4-10/h2-8H,1H3. The average Bonchev–Trinajstić information content (AvgIpc) is 2.74. The highest BCUT2D eigenvalue weighted by atomic mass is 35.5. The highest BCUT2D eigenvalue weighted by Crippen LogP contribution is 2.36. The fraction of sp³-hybridized carbons (Fsp3) is 0.0588. The summed E-state index contributed by atoms with van der Waals surface area (Å²) in [6, 6.07) is 10.1. The van der Waals surface area contributed by atoms with E-state index >= 15 is 0 Å². The first kappa shape index (κ1) is 15.7. The second-order valence-electron chi connectivity index (χ2n) is 5.08. The number of aryl methyl sites for hydroxylation is 1. The summed E-state index contributed by atoms with van der Waals surface area (Å²) in [4.78, 5) is 26.0. The van der Waals surface area contributed by atoms with E-state index in [0.29, 0.717) is 16.3 Å². The Labute approximate surface area is 141 Å². The van der Waals surface area contributed by atoms with Crippen molar-refractivity contribution in [1.29, 1.82) is 0 Å². The average molecular weight is 350 g/mol. The van der Waals surface area contributed by atoms with Crippen molar-refractivity contribution in [2.45, 2.75) is 6.92 Å². The Kier molecular flexibility index (Phi) is 3.96. The first-order chi connectivity index (χ1) is 10.9. The van der Waals surface area contributed by atoms with Crippen LogP contribution in [0.4, 0.5) is 10.1 Å². The third-order valence-corrected chi connectivity index (χ3v) is 4.33. The number of carbonyl (C=O) groups is 2. The maximum absolute atomic E-state index is 13.0. The van der Waals surface area contributed by atoms with E-state index in [0.717, 1.165) is 10.5 Å². The number of benzene rings is 2. The van der Waals surface area contributed by atoms with Gasteiger partial charge in [-0.3, -0.25) is 9.59 Å². The molecule has 2 aromatic rings. The number of anilines is 1. The zero-order valence-corrected chi connectivity index (χ0v) is 13.5. The Morgan fingerprint density at radius 1 is 0.957 bits per heavy atom. The molecule has 1 aliphatic rings. The first-order valence-electron chi connectivity index (χ1n) is 6.71. The summed E-state index contributed by atoms with van der Waals surface area (Å²) in [7, 11) is 0. The molecule has 0 atom stereocenters. The Hall–Kier alpha value is -2.17. The summed E-state index contributed by atoms with van der Waals surface area (Å²) in [5, 5.41) is 0.243. The molecular weight excluding hydrogens is 340 g/mol. The fourth-order valence-electron chi connectivity index (χ4n) is 2.33. The van der Waals surface area contributed by atoms with Crippen molar-refractivity contribution in [3.63, 3.8) is 0 Å². The minimum absolute atomic E-state index is 0.0494. The van der Waals surface area contributed by atoms with Crippen molar-refractivity contribution >= 4 is 46.3 Å². The summed E-state index contributed by atoms with van der Waals surface area (Å²) in [6.45, 7) is 1.81. The quantitative estimate of drug-likeness (QED) is 0.757. The van der Waals surface area contributed by atoms with E-state index in [1.54, 1.807) is 12.1 Å². The van der Waals surface area contributed by atoms with E-state index in [1.807, 2.05) is 6.92 Å². The molecule has 0 fully saturated rings. The van der Waals surface area contributed by atoms with E-state index in [1.165, 1.54) is 30.3 Å². The number of hydrogen-bond acceptors (Lipinski definition) is 2.